The highest BCUT2D eigenvalue weighted by molar-refractivity contribution is 7.99. The van der Waals surface area contributed by atoms with Gasteiger partial charge in [0, 0.05) is 13.0 Å². The molecule has 118 valence electrons. The Morgan fingerprint density at radius 3 is 2.90 bits per heavy atom. The van der Waals surface area contributed by atoms with Crippen LogP contribution in [0, 0.1) is 0 Å². The normalized spacial score (nSPS) is 19.8. The van der Waals surface area contributed by atoms with E-state index in [1.54, 1.807) is 0 Å². The Labute approximate surface area is 129 Å². The maximum atomic E-state index is 10.8. The molecule has 0 amide bonds. The molecule has 0 aromatic carbocycles. The molecule has 2 rings (SSSR count). The minimum atomic E-state index is -0.814. The van der Waals surface area contributed by atoms with Crippen molar-refractivity contribution in [2.45, 2.75) is 50.7 Å². The molecule has 0 aliphatic carbocycles. The lowest BCUT2D eigenvalue weighted by Crippen LogP contribution is -2.37. The molecule has 1 saturated heterocycles. The molecule has 0 spiro atoms. The molecule has 2 heterocycles. The summed E-state index contributed by atoms with van der Waals surface area (Å²) in [5.74, 6) is 0.216. The third kappa shape index (κ3) is 4.20. The minimum Gasteiger partial charge on any atom is -0.481 e. The fourth-order valence-electron chi connectivity index (χ4n) is 2.82. The molecule has 21 heavy (non-hydrogen) atoms. The zero-order valence-corrected chi connectivity index (χ0v) is 13.6. The van der Waals surface area contributed by atoms with Gasteiger partial charge in [0.2, 0.25) is 0 Å². The highest BCUT2D eigenvalue weighted by atomic mass is 32.2. The molecule has 0 radical (unpaired) electrons. The van der Waals surface area contributed by atoms with E-state index in [1.807, 2.05) is 0 Å². The number of hydrogen-bond donors (Lipinski definition) is 1. The van der Waals surface area contributed by atoms with E-state index in [2.05, 4.69) is 33.5 Å². The first kappa shape index (κ1) is 16.3. The molecule has 1 aromatic heterocycles. The predicted molar refractivity (Wildman–Crippen MR) is 82.8 cm³/mol. The summed E-state index contributed by atoms with van der Waals surface area (Å²) >= 11 is 1.28. The van der Waals surface area contributed by atoms with Gasteiger partial charge in [-0.2, -0.15) is 0 Å². The number of carboxylic acid groups (broad SMARTS) is 1. The summed E-state index contributed by atoms with van der Waals surface area (Å²) in [4.78, 5) is 13.2. The molecule has 1 aliphatic rings. The molecule has 0 bridgehead atoms. The van der Waals surface area contributed by atoms with E-state index < -0.39 is 5.97 Å². The molecule has 1 aliphatic heterocycles. The zero-order valence-electron chi connectivity index (χ0n) is 12.8. The SMILES string of the molecule is CCCc1nnc(SCC(=O)O)n1C1CCCN(CC)C1. The van der Waals surface area contributed by atoms with Gasteiger partial charge in [-0.3, -0.25) is 4.79 Å². The summed E-state index contributed by atoms with van der Waals surface area (Å²) in [6, 6.07) is 0.367. The van der Waals surface area contributed by atoms with E-state index in [-0.39, 0.29) is 5.75 Å². The summed E-state index contributed by atoms with van der Waals surface area (Å²) < 4.78 is 2.19. The van der Waals surface area contributed by atoms with Crippen molar-refractivity contribution in [1.29, 1.82) is 0 Å². The lowest BCUT2D eigenvalue weighted by atomic mass is 10.1. The van der Waals surface area contributed by atoms with Gasteiger partial charge in [-0.15, -0.1) is 10.2 Å². The van der Waals surface area contributed by atoms with E-state index in [0.717, 1.165) is 49.9 Å². The number of carbonyl (C=O) groups is 1. The molecule has 1 atom stereocenters. The molecule has 1 fully saturated rings. The molecule has 0 saturated carbocycles. The number of rotatable bonds is 7. The molecule has 6 nitrogen and oxygen atoms in total. The highest BCUT2D eigenvalue weighted by Crippen LogP contribution is 2.28. The second kappa shape index (κ2) is 7.79. The first-order valence-electron chi connectivity index (χ1n) is 7.66. The summed E-state index contributed by atoms with van der Waals surface area (Å²) in [7, 11) is 0. The quantitative estimate of drug-likeness (QED) is 0.777. The lowest BCUT2D eigenvalue weighted by Gasteiger charge is -2.33. The average molecular weight is 312 g/mol. The highest BCUT2D eigenvalue weighted by Gasteiger charge is 2.25. The Morgan fingerprint density at radius 2 is 2.24 bits per heavy atom. The Hall–Kier alpha value is -1.08. The van der Waals surface area contributed by atoms with Crippen LogP contribution in [0.15, 0.2) is 5.16 Å². The third-order valence-electron chi connectivity index (χ3n) is 3.83. The second-order valence-electron chi connectivity index (χ2n) is 5.39. The first-order valence-corrected chi connectivity index (χ1v) is 8.65. The van der Waals surface area contributed by atoms with Crippen molar-refractivity contribution in [2.75, 3.05) is 25.4 Å². The van der Waals surface area contributed by atoms with Gasteiger partial charge >= 0.3 is 5.97 Å². The Kier molecular flexibility index (Phi) is 6.05. The number of nitrogens with zero attached hydrogens (tertiary/aromatic N) is 4. The van der Waals surface area contributed by atoms with Crippen LogP contribution < -0.4 is 0 Å². The van der Waals surface area contributed by atoms with Crippen LogP contribution in [-0.4, -0.2) is 56.1 Å². The van der Waals surface area contributed by atoms with Crippen LogP contribution in [0.25, 0.3) is 0 Å². The van der Waals surface area contributed by atoms with Gasteiger partial charge in [-0.25, -0.2) is 0 Å². The van der Waals surface area contributed by atoms with E-state index in [0.29, 0.717) is 6.04 Å². The fraction of sp³-hybridized carbons (Fsp3) is 0.786. The summed E-state index contributed by atoms with van der Waals surface area (Å²) in [6.07, 6.45) is 4.20. The number of aryl methyl sites for hydroxylation is 1. The van der Waals surface area contributed by atoms with Crippen LogP contribution in [0.2, 0.25) is 0 Å². The van der Waals surface area contributed by atoms with Crippen molar-refractivity contribution in [3.05, 3.63) is 5.82 Å². The number of thioether (sulfide) groups is 1. The number of likely N-dealkylation sites (N-methyl/N-ethyl adjacent to an activating group) is 1. The Balaban J connectivity index is 2.20. The molecule has 1 unspecified atom stereocenters. The maximum absolute atomic E-state index is 10.8. The molecule has 7 heteroatoms. The average Bonchev–Trinajstić information content (AvgIpc) is 2.88. The summed E-state index contributed by atoms with van der Waals surface area (Å²) in [6.45, 7) is 7.52. The monoisotopic (exact) mass is 312 g/mol. The first-order chi connectivity index (χ1) is 10.2. The van der Waals surface area contributed by atoms with Gasteiger partial charge in [-0.1, -0.05) is 25.6 Å². The van der Waals surface area contributed by atoms with E-state index >= 15 is 0 Å². The van der Waals surface area contributed by atoms with Crippen LogP contribution >= 0.6 is 11.8 Å². The van der Waals surface area contributed by atoms with Gasteiger partial charge in [0.05, 0.1) is 11.8 Å². The Morgan fingerprint density at radius 1 is 1.43 bits per heavy atom. The van der Waals surface area contributed by atoms with Gasteiger partial charge in [0.1, 0.15) is 5.82 Å². The molecular formula is C14H24N4O2S. The maximum Gasteiger partial charge on any atom is 0.313 e. The smallest absolute Gasteiger partial charge is 0.313 e. The Bertz CT molecular complexity index is 478. The van der Waals surface area contributed by atoms with Crippen molar-refractivity contribution >= 4 is 17.7 Å². The topological polar surface area (TPSA) is 71.2 Å². The van der Waals surface area contributed by atoms with Gasteiger partial charge in [0.15, 0.2) is 5.16 Å². The van der Waals surface area contributed by atoms with Gasteiger partial charge in [0.25, 0.3) is 0 Å². The lowest BCUT2D eigenvalue weighted by molar-refractivity contribution is -0.133. The number of hydrogen-bond acceptors (Lipinski definition) is 5. The van der Waals surface area contributed by atoms with Gasteiger partial charge in [-0.05, 0) is 32.4 Å². The summed E-state index contributed by atoms with van der Waals surface area (Å²) in [5, 5.41) is 18.2. The standard InChI is InChI=1S/C14H24N4O2S/c1-3-6-12-15-16-14(21-10-13(19)20)18(12)11-7-5-8-17(4-2)9-11/h11H,3-10H2,1-2H3,(H,19,20). The van der Waals surface area contributed by atoms with Crippen molar-refractivity contribution in [3.8, 4) is 0 Å². The number of aromatic nitrogens is 3. The number of carboxylic acids is 1. The van der Waals surface area contributed by atoms with Crippen molar-refractivity contribution < 1.29 is 9.90 Å². The van der Waals surface area contributed by atoms with Crippen LogP contribution in [0.3, 0.4) is 0 Å². The predicted octanol–water partition coefficient (Wildman–Crippen LogP) is 2.06. The molecular weight excluding hydrogens is 288 g/mol. The second-order valence-corrected chi connectivity index (χ2v) is 6.33. The van der Waals surface area contributed by atoms with Crippen LogP contribution in [0.4, 0.5) is 0 Å². The van der Waals surface area contributed by atoms with Crippen molar-refractivity contribution in [1.82, 2.24) is 19.7 Å². The van der Waals surface area contributed by atoms with Crippen molar-refractivity contribution in [3.63, 3.8) is 0 Å². The largest absolute Gasteiger partial charge is 0.481 e. The molecule has 1 aromatic rings. The van der Waals surface area contributed by atoms with Crippen molar-refractivity contribution in [2.24, 2.45) is 0 Å². The third-order valence-corrected chi connectivity index (χ3v) is 4.75. The van der Waals surface area contributed by atoms with Gasteiger partial charge < -0.3 is 14.6 Å². The number of piperidine rings is 1. The fourth-order valence-corrected chi connectivity index (χ4v) is 3.57. The van der Waals surface area contributed by atoms with Crippen LogP contribution in [-0.2, 0) is 11.2 Å². The van der Waals surface area contributed by atoms with Crippen LogP contribution in [0.1, 0.15) is 45.0 Å². The summed E-state index contributed by atoms with van der Waals surface area (Å²) in [5.41, 5.74) is 0. The van der Waals surface area contributed by atoms with E-state index in [4.69, 9.17) is 5.11 Å². The number of likely N-dealkylation sites (tertiary alicyclic amines) is 1. The van der Waals surface area contributed by atoms with Crippen LogP contribution in [0.5, 0.6) is 0 Å². The van der Waals surface area contributed by atoms with E-state index in [9.17, 15) is 4.79 Å². The minimum absolute atomic E-state index is 0.0362. The van der Waals surface area contributed by atoms with E-state index in [1.165, 1.54) is 18.2 Å². The number of aliphatic carboxylic acids is 1. The zero-order chi connectivity index (χ0) is 15.2. The molecule has 1 N–H and O–H groups in total.